The maximum absolute atomic E-state index is 11.8. The van der Waals surface area contributed by atoms with E-state index < -0.39 is 40.5 Å². The molecule has 23 heavy (non-hydrogen) atoms. The monoisotopic (exact) mass is 341 g/mol. The molecular formula is C15H19NO6S. The SMILES string of the molecule is C[C@@H](Oc1ccccc1)C(=O)OCC(=O)N[C@@H]1CCS(=O)(=O)C1. The Kier molecular flexibility index (Phi) is 5.59. The number of hydrogen-bond donors (Lipinski definition) is 1. The van der Waals surface area contributed by atoms with Crippen LogP contribution in [0.4, 0.5) is 0 Å². The Bertz CT molecular complexity index is 658. The fourth-order valence-corrected chi connectivity index (χ4v) is 3.86. The van der Waals surface area contributed by atoms with Crippen LogP contribution in [0.5, 0.6) is 5.75 Å². The van der Waals surface area contributed by atoms with E-state index in [1.807, 2.05) is 6.07 Å². The molecule has 1 aliphatic heterocycles. The first kappa shape index (κ1) is 17.3. The zero-order valence-corrected chi connectivity index (χ0v) is 13.5. The third kappa shape index (κ3) is 5.55. The quantitative estimate of drug-likeness (QED) is 0.747. The molecule has 1 saturated heterocycles. The van der Waals surface area contributed by atoms with E-state index in [0.29, 0.717) is 12.2 Å². The molecule has 1 fully saturated rings. The molecule has 7 nitrogen and oxygen atoms in total. The molecule has 1 aromatic carbocycles. The smallest absolute Gasteiger partial charge is 0.347 e. The Morgan fingerprint density at radius 3 is 2.61 bits per heavy atom. The predicted octanol–water partition coefficient (Wildman–Crippen LogP) is 0.300. The molecule has 0 radical (unpaired) electrons. The van der Waals surface area contributed by atoms with Crippen LogP contribution in [-0.4, -0.2) is 50.6 Å². The molecule has 8 heteroatoms. The van der Waals surface area contributed by atoms with Gasteiger partial charge in [-0.1, -0.05) is 18.2 Å². The number of rotatable bonds is 6. The normalized spacial score (nSPS) is 20.5. The van der Waals surface area contributed by atoms with Gasteiger partial charge in [0.1, 0.15) is 5.75 Å². The van der Waals surface area contributed by atoms with E-state index >= 15 is 0 Å². The third-order valence-corrected chi connectivity index (χ3v) is 5.10. The summed E-state index contributed by atoms with van der Waals surface area (Å²) in [4.78, 5) is 23.4. The minimum Gasteiger partial charge on any atom is -0.479 e. The van der Waals surface area contributed by atoms with Gasteiger partial charge in [-0.15, -0.1) is 0 Å². The highest BCUT2D eigenvalue weighted by atomic mass is 32.2. The maximum Gasteiger partial charge on any atom is 0.347 e. The van der Waals surface area contributed by atoms with Gasteiger partial charge in [-0.2, -0.15) is 0 Å². The summed E-state index contributed by atoms with van der Waals surface area (Å²) in [5.41, 5.74) is 0. The van der Waals surface area contributed by atoms with Crippen molar-refractivity contribution < 1.29 is 27.5 Å². The summed E-state index contributed by atoms with van der Waals surface area (Å²) in [5.74, 6) is -0.659. The van der Waals surface area contributed by atoms with Gasteiger partial charge in [0, 0.05) is 6.04 Å². The number of sulfone groups is 1. The summed E-state index contributed by atoms with van der Waals surface area (Å²) in [5, 5.41) is 2.54. The van der Waals surface area contributed by atoms with E-state index in [1.54, 1.807) is 24.3 Å². The minimum atomic E-state index is -3.06. The molecule has 0 spiro atoms. The van der Waals surface area contributed by atoms with Crippen LogP contribution in [0, 0.1) is 0 Å². The van der Waals surface area contributed by atoms with E-state index in [4.69, 9.17) is 9.47 Å². The lowest BCUT2D eigenvalue weighted by Gasteiger charge is -2.15. The zero-order valence-electron chi connectivity index (χ0n) is 12.7. The van der Waals surface area contributed by atoms with Crippen LogP contribution < -0.4 is 10.1 Å². The van der Waals surface area contributed by atoms with Crippen LogP contribution >= 0.6 is 0 Å². The van der Waals surface area contributed by atoms with Crippen molar-refractivity contribution in [3.05, 3.63) is 30.3 Å². The summed E-state index contributed by atoms with van der Waals surface area (Å²) in [6.45, 7) is 1.06. The van der Waals surface area contributed by atoms with Crippen LogP contribution in [0.1, 0.15) is 13.3 Å². The maximum atomic E-state index is 11.8. The van der Waals surface area contributed by atoms with Crippen molar-refractivity contribution in [3.63, 3.8) is 0 Å². The van der Waals surface area contributed by atoms with E-state index in [0.717, 1.165) is 0 Å². The van der Waals surface area contributed by atoms with E-state index in [1.165, 1.54) is 6.92 Å². The van der Waals surface area contributed by atoms with Gasteiger partial charge in [0.2, 0.25) is 0 Å². The molecule has 1 N–H and O–H groups in total. The zero-order chi connectivity index (χ0) is 16.9. The van der Waals surface area contributed by atoms with Crippen molar-refractivity contribution >= 4 is 21.7 Å². The number of carbonyl (C=O) groups excluding carboxylic acids is 2. The molecule has 0 bridgehead atoms. The first-order valence-corrected chi connectivity index (χ1v) is 9.06. The summed E-state index contributed by atoms with van der Waals surface area (Å²) in [6.07, 6.45) is -0.465. The molecule has 0 aliphatic carbocycles. The number of hydrogen-bond acceptors (Lipinski definition) is 6. The second kappa shape index (κ2) is 7.45. The number of carbonyl (C=O) groups is 2. The first-order valence-electron chi connectivity index (χ1n) is 7.24. The number of amides is 1. The van der Waals surface area contributed by atoms with Gasteiger partial charge >= 0.3 is 5.97 Å². The van der Waals surface area contributed by atoms with Crippen LogP contribution in [0.3, 0.4) is 0 Å². The largest absolute Gasteiger partial charge is 0.479 e. The van der Waals surface area contributed by atoms with Crippen molar-refractivity contribution in [1.82, 2.24) is 5.32 Å². The average Bonchev–Trinajstić information content (AvgIpc) is 2.84. The van der Waals surface area contributed by atoms with Crippen LogP contribution in [0.15, 0.2) is 30.3 Å². The van der Waals surface area contributed by atoms with Crippen molar-refractivity contribution in [3.8, 4) is 5.75 Å². The average molecular weight is 341 g/mol. The topological polar surface area (TPSA) is 98.8 Å². The van der Waals surface area contributed by atoms with Crippen molar-refractivity contribution in [2.45, 2.75) is 25.5 Å². The van der Waals surface area contributed by atoms with Gasteiger partial charge in [-0.3, -0.25) is 4.79 Å². The molecule has 126 valence electrons. The summed E-state index contributed by atoms with van der Waals surface area (Å²) < 4.78 is 32.9. The Morgan fingerprint density at radius 2 is 2.00 bits per heavy atom. The lowest BCUT2D eigenvalue weighted by atomic mass is 10.2. The van der Waals surface area contributed by atoms with E-state index in [9.17, 15) is 18.0 Å². The Morgan fingerprint density at radius 1 is 1.30 bits per heavy atom. The fourth-order valence-electron chi connectivity index (χ4n) is 2.18. The van der Waals surface area contributed by atoms with Gasteiger partial charge in [0.15, 0.2) is 22.5 Å². The molecule has 0 saturated carbocycles. The van der Waals surface area contributed by atoms with Crippen molar-refractivity contribution in [2.75, 3.05) is 18.1 Å². The van der Waals surface area contributed by atoms with Gasteiger partial charge in [0.05, 0.1) is 11.5 Å². The van der Waals surface area contributed by atoms with Gasteiger partial charge in [-0.05, 0) is 25.5 Å². The Labute approximate surface area is 134 Å². The minimum absolute atomic E-state index is 0.0691. The van der Waals surface area contributed by atoms with Crippen molar-refractivity contribution in [1.29, 1.82) is 0 Å². The molecule has 1 aromatic rings. The third-order valence-electron chi connectivity index (χ3n) is 3.33. The first-order chi connectivity index (χ1) is 10.9. The number of nitrogens with one attached hydrogen (secondary N) is 1. The Hall–Kier alpha value is -2.09. The highest BCUT2D eigenvalue weighted by Crippen LogP contribution is 2.12. The number of benzene rings is 1. The van der Waals surface area contributed by atoms with Gasteiger partial charge in [0.25, 0.3) is 5.91 Å². The lowest BCUT2D eigenvalue weighted by molar-refractivity contribution is -0.154. The molecule has 0 unspecified atom stereocenters. The standard InChI is InChI=1S/C15H19NO6S/c1-11(22-13-5-3-2-4-6-13)15(18)21-9-14(17)16-12-7-8-23(19,20)10-12/h2-6,11-12H,7-10H2,1H3,(H,16,17)/t11-,12-/m1/s1. The highest BCUT2D eigenvalue weighted by Gasteiger charge is 2.29. The van der Waals surface area contributed by atoms with E-state index in [-0.39, 0.29) is 11.5 Å². The second-order valence-electron chi connectivity index (χ2n) is 5.35. The fraction of sp³-hybridized carbons (Fsp3) is 0.467. The number of para-hydroxylation sites is 1. The molecule has 1 aliphatic rings. The summed E-state index contributed by atoms with van der Waals surface area (Å²) in [7, 11) is -3.06. The van der Waals surface area contributed by atoms with Crippen molar-refractivity contribution in [2.24, 2.45) is 0 Å². The summed E-state index contributed by atoms with van der Waals surface area (Å²) in [6, 6.07) is 8.37. The molecule has 1 heterocycles. The lowest BCUT2D eigenvalue weighted by Crippen LogP contribution is -2.39. The van der Waals surface area contributed by atoms with Crippen LogP contribution in [0.25, 0.3) is 0 Å². The second-order valence-corrected chi connectivity index (χ2v) is 7.58. The Balaban J connectivity index is 1.72. The summed E-state index contributed by atoms with van der Waals surface area (Å²) >= 11 is 0. The predicted molar refractivity (Wildman–Crippen MR) is 82.7 cm³/mol. The number of ether oxygens (including phenoxy) is 2. The van der Waals surface area contributed by atoms with E-state index in [2.05, 4.69) is 5.32 Å². The molecule has 1 amide bonds. The highest BCUT2D eigenvalue weighted by molar-refractivity contribution is 7.91. The molecule has 0 aromatic heterocycles. The van der Waals surface area contributed by atoms with Crippen LogP contribution in [-0.2, 0) is 24.2 Å². The number of esters is 1. The van der Waals surface area contributed by atoms with Gasteiger partial charge in [-0.25, -0.2) is 13.2 Å². The molecule has 2 atom stereocenters. The van der Waals surface area contributed by atoms with Crippen LogP contribution in [0.2, 0.25) is 0 Å². The van der Waals surface area contributed by atoms with Gasteiger partial charge < -0.3 is 14.8 Å². The molecular weight excluding hydrogens is 322 g/mol. The molecule has 2 rings (SSSR count).